The highest BCUT2D eigenvalue weighted by Crippen LogP contribution is 2.57. The van der Waals surface area contributed by atoms with Crippen molar-refractivity contribution >= 4 is 52.5 Å². The van der Waals surface area contributed by atoms with Crippen molar-refractivity contribution in [2.75, 3.05) is 25.7 Å². The van der Waals surface area contributed by atoms with Gasteiger partial charge in [0.15, 0.2) is 10.8 Å². The molecular formula is C25H26ClFN4O4S2. The van der Waals surface area contributed by atoms with Crippen molar-refractivity contribution in [3.05, 3.63) is 62.5 Å². The normalized spacial score (nSPS) is 28.4. The Morgan fingerprint density at radius 1 is 1.43 bits per heavy atom. The van der Waals surface area contributed by atoms with Gasteiger partial charge in [0.25, 0.3) is 0 Å². The van der Waals surface area contributed by atoms with Crippen LogP contribution < -0.4 is 5.32 Å². The molecule has 3 heterocycles. The second-order valence-corrected chi connectivity index (χ2v) is 11.6. The van der Waals surface area contributed by atoms with E-state index in [1.54, 1.807) is 18.0 Å². The first-order chi connectivity index (χ1) is 17.8. The van der Waals surface area contributed by atoms with Crippen molar-refractivity contribution in [3.8, 4) is 0 Å². The molecule has 196 valence electrons. The van der Waals surface area contributed by atoms with Gasteiger partial charge in [-0.05, 0) is 37.1 Å². The van der Waals surface area contributed by atoms with E-state index in [0.717, 1.165) is 18.6 Å². The number of nitrogens with one attached hydrogen (secondary N) is 1. The van der Waals surface area contributed by atoms with E-state index in [0.29, 0.717) is 34.2 Å². The molecule has 1 aliphatic carbocycles. The third kappa shape index (κ3) is 4.89. The predicted octanol–water partition coefficient (Wildman–Crippen LogP) is 4.12. The van der Waals surface area contributed by atoms with Crippen LogP contribution in [-0.4, -0.2) is 70.0 Å². The second-order valence-electron chi connectivity index (χ2n) is 9.48. The Labute approximate surface area is 227 Å². The van der Waals surface area contributed by atoms with Gasteiger partial charge < -0.3 is 15.2 Å². The first-order valence-corrected chi connectivity index (χ1v) is 14.4. The van der Waals surface area contributed by atoms with Gasteiger partial charge in [-0.2, -0.15) is 11.8 Å². The van der Waals surface area contributed by atoms with E-state index >= 15 is 0 Å². The number of fused-ring (bicyclic) bond motifs is 1. The molecule has 1 saturated heterocycles. The highest BCUT2D eigenvalue weighted by molar-refractivity contribution is 7.98. The van der Waals surface area contributed by atoms with Gasteiger partial charge >= 0.3 is 11.9 Å². The Morgan fingerprint density at radius 3 is 2.89 bits per heavy atom. The van der Waals surface area contributed by atoms with Gasteiger partial charge in [0.2, 0.25) is 0 Å². The molecule has 2 fully saturated rings. The third-order valence-corrected chi connectivity index (χ3v) is 9.20. The van der Waals surface area contributed by atoms with Gasteiger partial charge in [0, 0.05) is 58.2 Å². The number of likely N-dealkylation sites (tertiary alicyclic amines) is 1. The average molecular weight is 565 g/mol. The van der Waals surface area contributed by atoms with Gasteiger partial charge in [-0.3, -0.25) is 14.7 Å². The number of piperidine rings is 1. The van der Waals surface area contributed by atoms with Crippen molar-refractivity contribution in [2.45, 2.75) is 36.9 Å². The highest BCUT2D eigenvalue weighted by atomic mass is 35.5. The zero-order valence-electron chi connectivity index (χ0n) is 20.2. The number of hydrogen-bond donors (Lipinski definition) is 2. The summed E-state index contributed by atoms with van der Waals surface area (Å²) >= 11 is 9.58. The molecule has 2 aliphatic heterocycles. The lowest BCUT2D eigenvalue weighted by molar-refractivity contribution is -0.138. The molecule has 4 unspecified atom stereocenters. The van der Waals surface area contributed by atoms with E-state index in [2.05, 4.69) is 15.2 Å². The lowest BCUT2D eigenvalue weighted by Crippen LogP contribution is -2.38. The summed E-state index contributed by atoms with van der Waals surface area (Å²) in [6.45, 7) is 0.426. The maximum Gasteiger partial charge on any atom is 0.338 e. The zero-order valence-corrected chi connectivity index (χ0v) is 22.6. The fraction of sp³-hybridized carbons (Fsp3) is 0.440. The molecule has 2 N–H and O–H groups in total. The van der Waals surface area contributed by atoms with Crippen LogP contribution in [0.5, 0.6) is 0 Å². The summed E-state index contributed by atoms with van der Waals surface area (Å²) in [5, 5.41) is 15.3. The first-order valence-electron chi connectivity index (χ1n) is 11.8. The molecule has 2 aromatic rings. The first kappa shape index (κ1) is 26.1. The van der Waals surface area contributed by atoms with E-state index in [1.165, 1.54) is 36.6 Å². The third-order valence-electron chi connectivity index (χ3n) is 7.31. The number of aliphatic imine (C=N–C) groups is 1. The van der Waals surface area contributed by atoms with Crippen molar-refractivity contribution < 1.29 is 23.8 Å². The van der Waals surface area contributed by atoms with Gasteiger partial charge in [-0.15, -0.1) is 11.3 Å². The second kappa shape index (κ2) is 10.4. The summed E-state index contributed by atoms with van der Waals surface area (Å²) in [7, 11) is 1.31. The quantitative estimate of drug-likeness (QED) is 0.346. The molecule has 0 spiro atoms. The summed E-state index contributed by atoms with van der Waals surface area (Å²) in [6, 6.07) is 3.45. The number of carbonyl (C=O) groups excluding carboxylic acids is 1. The summed E-state index contributed by atoms with van der Waals surface area (Å²) < 4.78 is 19.0. The fourth-order valence-electron chi connectivity index (χ4n) is 5.80. The Morgan fingerprint density at radius 2 is 2.24 bits per heavy atom. The molecule has 0 radical (unpaired) electrons. The van der Waals surface area contributed by atoms with E-state index < -0.39 is 23.8 Å². The van der Waals surface area contributed by atoms with E-state index in [1.807, 2.05) is 11.6 Å². The van der Waals surface area contributed by atoms with Crippen molar-refractivity contribution in [1.29, 1.82) is 0 Å². The van der Waals surface area contributed by atoms with E-state index in [9.17, 15) is 19.1 Å². The number of benzene rings is 1. The Kier molecular flexibility index (Phi) is 7.32. The van der Waals surface area contributed by atoms with Gasteiger partial charge in [-0.25, -0.2) is 14.2 Å². The van der Waals surface area contributed by atoms with Crippen LogP contribution in [0.15, 0.2) is 46.0 Å². The van der Waals surface area contributed by atoms with Crippen molar-refractivity contribution in [3.63, 3.8) is 0 Å². The lowest BCUT2D eigenvalue weighted by atomic mass is 9.95. The maximum atomic E-state index is 13.9. The minimum atomic E-state index is -0.813. The topological polar surface area (TPSA) is 104 Å². The number of rotatable bonds is 9. The molecule has 37 heavy (non-hydrogen) atoms. The van der Waals surface area contributed by atoms with E-state index in [4.69, 9.17) is 21.3 Å². The minimum Gasteiger partial charge on any atom is -0.481 e. The molecule has 5 atom stereocenters. The number of thiazole rings is 1. The number of ether oxygens (including phenoxy) is 1. The minimum absolute atomic E-state index is 0.117. The van der Waals surface area contributed by atoms with Crippen LogP contribution in [0.2, 0.25) is 5.02 Å². The molecule has 5 rings (SSSR count). The molecule has 8 nitrogen and oxygen atoms in total. The zero-order chi connectivity index (χ0) is 26.3. The van der Waals surface area contributed by atoms with Gasteiger partial charge in [0.1, 0.15) is 11.9 Å². The molecule has 1 aromatic carbocycles. The lowest BCUT2D eigenvalue weighted by Gasteiger charge is -2.29. The number of carboxylic acid groups (broad SMARTS) is 1. The van der Waals surface area contributed by atoms with Gasteiger partial charge in [0.05, 0.1) is 12.7 Å². The summed E-state index contributed by atoms with van der Waals surface area (Å²) in [5.74, 6) is -0.303. The number of aromatic nitrogens is 1. The molecule has 1 saturated carbocycles. The molecular weight excluding hydrogens is 539 g/mol. The number of carboxylic acids is 1. The van der Waals surface area contributed by atoms with E-state index in [-0.39, 0.29) is 28.9 Å². The number of carbonyl (C=O) groups is 2. The van der Waals surface area contributed by atoms with Gasteiger partial charge in [-0.1, -0.05) is 17.7 Å². The number of halogens is 2. The smallest absolute Gasteiger partial charge is 0.338 e. The average Bonchev–Trinajstić information content (AvgIpc) is 3.25. The van der Waals surface area contributed by atoms with Crippen LogP contribution in [0.4, 0.5) is 4.39 Å². The monoisotopic (exact) mass is 564 g/mol. The highest BCUT2D eigenvalue weighted by Gasteiger charge is 2.66. The van der Waals surface area contributed by atoms with Crippen LogP contribution >= 0.6 is 34.7 Å². The van der Waals surface area contributed by atoms with Crippen molar-refractivity contribution in [1.82, 2.24) is 15.2 Å². The van der Waals surface area contributed by atoms with Crippen LogP contribution in [0, 0.1) is 11.7 Å². The molecule has 3 aliphatic rings. The Hall–Kier alpha value is -2.47. The van der Waals surface area contributed by atoms with Crippen LogP contribution in [-0.2, 0) is 14.3 Å². The predicted molar refractivity (Wildman–Crippen MR) is 142 cm³/mol. The summed E-state index contributed by atoms with van der Waals surface area (Å²) in [4.78, 5) is 36.0. The fourth-order valence-corrected chi connectivity index (χ4v) is 7.64. The van der Waals surface area contributed by atoms with Crippen LogP contribution in [0.1, 0.15) is 35.9 Å². The number of methoxy groups -OCH3 is 1. The number of hydrogen-bond acceptors (Lipinski definition) is 9. The summed E-state index contributed by atoms with van der Waals surface area (Å²) in [5.41, 5.74) is 1.31. The van der Waals surface area contributed by atoms with Crippen LogP contribution in [0.25, 0.3) is 0 Å². The molecule has 0 amide bonds. The Bertz CT molecular complexity index is 1290. The number of aliphatic carboxylic acids is 1. The SMILES string of the molecule is COC(=O)C1=C(CN2C3CC(CC(=O)O)CC32CSC)NC(c2nccs2)=N[C@H]1c1ccc(F)cc1Cl. The van der Waals surface area contributed by atoms with Crippen molar-refractivity contribution in [2.24, 2.45) is 10.9 Å². The number of thioether (sulfide) groups is 1. The number of amidine groups is 1. The maximum absolute atomic E-state index is 13.9. The molecule has 1 aromatic heterocycles. The molecule has 12 heteroatoms. The Balaban J connectivity index is 1.53. The van der Waals surface area contributed by atoms with Crippen LogP contribution in [0.3, 0.4) is 0 Å². The standard InChI is InChI=1S/C25H26ClFN4O4S2/c1-35-24(34)20-17(11-31-18-7-13(8-19(32)33)10-25(18,31)12-36-2)29-22(23-28-5-6-37-23)30-21(20)15-4-3-14(27)9-16(15)26/h3-6,9,13,18,21H,7-8,10-12H2,1-2H3,(H,29,30)(H,32,33)/t13?,18?,21-,25?,31?/m0/s1. The largest absolute Gasteiger partial charge is 0.481 e. The molecule has 0 bridgehead atoms. The number of nitrogens with zero attached hydrogens (tertiary/aromatic N) is 3. The summed E-state index contributed by atoms with van der Waals surface area (Å²) in [6.07, 6.45) is 5.49. The number of esters is 1.